The molecule has 0 aromatic carbocycles. The highest BCUT2D eigenvalue weighted by atomic mass is 16.5. The van der Waals surface area contributed by atoms with Crippen molar-refractivity contribution < 1.29 is 9.84 Å². The lowest BCUT2D eigenvalue weighted by Crippen LogP contribution is -2.07. The molecule has 0 saturated heterocycles. The van der Waals surface area contributed by atoms with Crippen molar-refractivity contribution in [3.8, 4) is 0 Å². The van der Waals surface area contributed by atoms with E-state index in [-0.39, 0.29) is 6.10 Å². The minimum absolute atomic E-state index is 0.259. The molecule has 1 N–H and O–H groups in total. The summed E-state index contributed by atoms with van der Waals surface area (Å²) in [5, 5.41) is 8.98. The van der Waals surface area contributed by atoms with Crippen molar-refractivity contribution in [2.24, 2.45) is 0 Å². The van der Waals surface area contributed by atoms with Gasteiger partial charge in [0.05, 0.1) is 6.10 Å². The molecular formula is C7H12O2. The van der Waals surface area contributed by atoms with Crippen molar-refractivity contribution in [2.45, 2.75) is 32.5 Å². The predicted octanol–water partition coefficient (Wildman–Crippen LogP) is 1.06. The van der Waals surface area contributed by atoms with Crippen LogP contribution in [0.25, 0.3) is 0 Å². The Balaban J connectivity index is 2.45. The van der Waals surface area contributed by atoms with Crippen LogP contribution in [0.3, 0.4) is 0 Å². The normalized spacial score (nSPS) is 29.2. The zero-order valence-corrected chi connectivity index (χ0v) is 5.79. The third-order valence-corrected chi connectivity index (χ3v) is 1.40. The zero-order chi connectivity index (χ0) is 6.85. The fourth-order valence-electron chi connectivity index (χ4n) is 0.880. The summed E-state index contributed by atoms with van der Waals surface area (Å²) in [6.45, 7) is 3.70. The molecule has 2 heteroatoms. The van der Waals surface area contributed by atoms with Crippen LogP contribution in [0.15, 0.2) is 11.8 Å². The van der Waals surface area contributed by atoms with Crippen LogP contribution in [0.5, 0.6) is 0 Å². The Labute approximate surface area is 55.1 Å². The Morgan fingerprint density at radius 2 is 2.56 bits per heavy atom. The number of aliphatic hydroxyl groups excluding tert-OH is 1. The highest BCUT2D eigenvalue weighted by molar-refractivity contribution is 5.04. The quantitative estimate of drug-likeness (QED) is 0.572. The zero-order valence-electron chi connectivity index (χ0n) is 5.79. The molecule has 0 amide bonds. The van der Waals surface area contributed by atoms with Crippen molar-refractivity contribution in [3.63, 3.8) is 0 Å². The summed E-state index contributed by atoms with van der Waals surface area (Å²) in [6.07, 6.45) is 2.69. The number of aliphatic hydroxyl groups is 1. The highest BCUT2D eigenvalue weighted by Crippen LogP contribution is 2.18. The molecule has 1 unspecified atom stereocenters. The van der Waals surface area contributed by atoms with Crippen LogP contribution in [0.1, 0.15) is 20.3 Å². The van der Waals surface area contributed by atoms with E-state index in [4.69, 9.17) is 9.84 Å². The SMILES string of the molecule is CC1CC=C([C@@H](C)O)O1. The molecule has 0 saturated carbocycles. The first-order valence-corrected chi connectivity index (χ1v) is 3.25. The summed E-state index contributed by atoms with van der Waals surface area (Å²) in [5.41, 5.74) is 0. The lowest BCUT2D eigenvalue weighted by Gasteiger charge is -2.09. The van der Waals surface area contributed by atoms with Crippen LogP contribution in [0.2, 0.25) is 0 Å². The standard InChI is InChI=1S/C7H12O2/c1-5-3-4-7(9-5)6(2)8/h4-6,8H,3H2,1-2H3/t5?,6-/m1/s1. The maximum atomic E-state index is 8.98. The van der Waals surface area contributed by atoms with Gasteiger partial charge in [-0.05, 0) is 19.9 Å². The van der Waals surface area contributed by atoms with Crippen LogP contribution in [0, 0.1) is 0 Å². The van der Waals surface area contributed by atoms with E-state index in [0.29, 0.717) is 0 Å². The van der Waals surface area contributed by atoms with Crippen LogP contribution >= 0.6 is 0 Å². The van der Waals surface area contributed by atoms with E-state index in [9.17, 15) is 0 Å². The Morgan fingerprint density at radius 3 is 2.78 bits per heavy atom. The van der Waals surface area contributed by atoms with Gasteiger partial charge in [0, 0.05) is 6.42 Å². The molecular weight excluding hydrogens is 116 g/mol. The third-order valence-electron chi connectivity index (χ3n) is 1.40. The van der Waals surface area contributed by atoms with Gasteiger partial charge in [-0.15, -0.1) is 0 Å². The Morgan fingerprint density at radius 1 is 1.89 bits per heavy atom. The average molecular weight is 128 g/mol. The molecule has 0 fully saturated rings. The van der Waals surface area contributed by atoms with Gasteiger partial charge in [0.2, 0.25) is 0 Å². The van der Waals surface area contributed by atoms with Crippen molar-refractivity contribution in [3.05, 3.63) is 11.8 Å². The number of hydrogen-bond donors (Lipinski definition) is 1. The maximum Gasteiger partial charge on any atom is 0.121 e. The molecule has 1 aliphatic rings. The largest absolute Gasteiger partial charge is 0.492 e. The fraction of sp³-hybridized carbons (Fsp3) is 0.714. The Hall–Kier alpha value is -0.500. The number of ether oxygens (including phenoxy) is 1. The second-order valence-electron chi connectivity index (χ2n) is 2.45. The number of hydrogen-bond acceptors (Lipinski definition) is 2. The average Bonchev–Trinajstić information content (AvgIpc) is 2.14. The van der Waals surface area contributed by atoms with Gasteiger partial charge < -0.3 is 9.84 Å². The summed E-state index contributed by atoms with van der Waals surface area (Å²) in [7, 11) is 0. The molecule has 0 aromatic heterocycles. The van der Waals surface area contributed by atoms with E-state index in [1.165, 1.54) is 0 Å². The van der Waals surface area contributed by atoms with Crippen LogP contribution in [0.4, 0.5) is 0 Å². The molecule has 52 valence electrons. The van der Waals surface area contributed by atoms with Crippen molar-refractivity contribution >= 4 is 0 Å². The number of rotatable bonds is 1. The predicted molar refractivity (Wildman–Crippen MR) is 34.9 cm³/mol. The Kier molecular flexibility index (Phi) is 1.76. The molecule has 0 spiro atoms. The smallest absolute Gasteiger partial charge is 0.121 e. The molecule has 1 rings (SSSR count). The Bertz CT molecular complexity index is 127. The maximum absolute atomic E-state index is 8.98. The fourth-order valence-corrected chi connectivity index (χ4v) is 0.880. The van der Waals surface area contributed by atoms with Gasteiger partial charge in [-0.25, -0.2) is 0 Å². The summed E-state index contributed by atoms with van der Waals surface area (Å²) in [4.78, 5) is 0. The van der Waals surface area contributed by atoms with Gasteiger partial charge in [0.15, 0.2) is 0 Å². The van der Waals surface area contributed by atoms with Gasteiger partial charge in [-0.1, -0.05) is 0 Å². The lowest BCUT2D eigenvalue weighted by molar-refractivity contribution is 0.0903. The van der Waals surface area contributed by atoms with Crippen LogP contribution in [-0.2, 0) is 4.74 Å². The first kappa shape index (κ1) is 6.62. The molecule has 0 aromatic rings. The molecule has 9 heavy (non-hydrogen) atoms. The second kappa shape index (κ2) is 2.40. The minimum Gasteiger partial charge on any atom is -0.492 e. The van der Waals surface area contributed by atoms with E-state index >= 15 is 0 Å². The third kappa shape index (κ3) is 1.45. The van der Waals surface area contributed by atoms with Gasteiger partial charge in [-0.2, -0.15) is 0 Å². The summed E-state index contributed by atoms with van der Waals surface area (Å²) in [6, 6.07) is 0. The van der Waals surface area contributed by atoms with Crippen molar-refractivity contribution in [1.82, 2.24) is 0 Å². The van der Waals surface area contributed by atoms with Crippen LogP contribution < -0.4 is 0 Å². The van der Waals surface area contributed by atoms with Crippen LogP contribution in [-0.4, -0.2) is 17.3 Å². The van der Waals surface area contributed by atoms with E-state index in [0.717, 1.165) is 12.2 Å². The molecule has 0 aliphatic carbocycles. The summed E-state index contributed by atoms with van der Waals surface area (Å²) in [5.74, 6) is 0.725. The van der Waals surface area contributed by atoms with E-state index < -0.39 is 6.10 Å². The van der Waals surface area contributed by atoms with Crippen molar-refractivity contribution in [2.75, 3.05) is 0 Å². The summed E-state index contributed by atoms with van der Waals surface area (Å²) < 4.78 is 5.23. The monoisotopic (exact) mass is 128 g/mol. The molecule has 1 aliphatic heterocycles. The first-order valence-electron chi connectivity index (χ1n) is 3.25. The van der Waals surface area contributed by atoms with Gasteiger partial charge in [0.25, 0.3) is 0 Å². The first-order chi connectivity index (χ1) is 4.20. The molecule has 2 atom stereocenters. The highest BCUT2D eigenvalue weighted by Gasteiger charge is 2.16. The topological polar surface area (TPSA) is 29.5 Å². The minimum atomic E-state index is -0.435. The lowest BCUT2D eigenvalue weighted by atomic mass is 10.3. The van der Waals surface area contributed by atoms with Gasteiger partial charge in [-0.3, -0.25) is 0 Å². The molecule has 0 bridgehead atoms. The summed E-state index contributed by atoms with van der Waals surface area (Å²) >= 11 is 0. The second-order valence-corrected chi connectivity index (χ2v) is 2.45. The molecule has 1 heterocycles. The van der Waals surface area contributed by atoms with Crippen molar-refractivity contribution in [1.29, 1.82) is 0 Å². The molecule has 2 nitrogen and oxygen atoms in total. The van der Waals surface area contributed by atoms with Gasteiger partial charge >= 0.3 is 0 Å². The molecule has 0 radical (unpaired) electrons. The van der Waals surface area contributed by atoms with Gasteiger partial charge in [0.1, 0.15) is 11.9 Å². The van der Waals surface area contributed by atoms with E-state index in [1.54, 1.807) is 6.92 Å². The van der Waals surface area contributed by atoms with E-state index in [1.807, 2.05) is 13.0 Å². The van der Waals surface area contributed by atoms with E-state index in [2.05, 4.69) is 0 Å².